The average Bonchev–Trinajstić information content (AvgIpc) is 2.28. The molecule has 1 atom stereocenters. The lowest BCUT2D eigenvalue weighted by molar-refractivity contribution is -0.131. The molecule has 0 aliphatic rings. The van der Waals surface area contributed by atoms with Gasteiger partial charge in [-0.15, -0.1) is 0 Å². The Bertz CT molecular complexity index is 256. The summed E-state index contributed by atoms with van der Waals surface area (Å²) in [5.41, 5.74) is 5.41. The van der Waals surface area contributed by atoms with Crippen LogP contribution in [0.4, 0.5) is 0 Å². The SMILES string of the molecule is CCCN(CC(N)=NO)C(=O)CC(C)COC. The largest absolute Gasteiger partial charge is 0.409 e. The van der Waals surface area contributed by atoms with Gasteiger partial charge in [0.2, 0.25) is 5.91 Å². The minimum atomic E-state index is 0.00278. The molecule has 0 fully saturated rings. The Morgan fingerprint density at radius 1 is 1.59 bits per heavy atom. The average molecular weight is 245 g/mol. The predicted molar refractivity (Wildman–Crippen MR) is 65.9 cm³/mol. The summed E-state index contributed by atoms with van der Waals surface area (Å²) in [4.78, 5) is 13.5. The van der Waals surface area contributed by atoms with E-state index < -0.39 is 0 Å². The highest BCUT2D eigenvalue weighted by atomic mass is 16.5. The fourth-order valence-electron chi connectivity index (χ4n) is 1.56. The molecule has 3 N–H and O–H groups in total. The van der Waals surface area contributed by atoms with Gasteiger partial charge >= 0.3 is 0 Å². The highest BCUT2D eigenvalue weighted by Gasteiger charge is 2.17. The van der Waals surface area contributed by atoms with E-state index in [9.17, 15) is 4.79 Å². The second-order valence-corrected chi connectivity index (χ2v) is 4.17. The molecule has 6 heteroatoms. The normalized spacial score (nSPS) is 13.5. The van der Waals surface area contributed by atoms with E-state index in [2.05, 4.69) is 5.16 Å². The van der Waals surface area contributed by atoms with Crippen molar-refractivity contribution < 1.29 is 14.7 Å². The Morgan fingerprint density at radius 3 is 2.71 bits per heavy atom. The van der Waals surface area contributed by atoms with Gasteiger partial charge in [0.05, 0.1) is 6.54 Å². The summed E-state index contributed by atoms with van der Waals surface area (Å²) in [5.74, 6) is 0.216. The van der Waals surface area contributed by atoms with Gasteiger partial charge < -0.3 is 20.6 Å². The Morgan fingerprint density at radius 2 is 2.24 bits per heavy atom. The molecule has 0 aliphatic heterocycles. The molecule has 0 radical (unpaired) electrons. The van der Waals surface area contributed by atoms with Gasteiger partial charge in [-0.3, -0.25) is 4.79 Å². The molecule has 0 spiro atoms. The number of rotatable bonds is 8. The van der Waals surface area contributed by atoms with Crippen LogP contribution in [0.5, 0.6) is 0 Å². The van der Waals surface area contributed by atoms with Gasteiger partial charge in [-0.25, -0.2) is 0 Å². The molecule has 0 aromatic rings. The molecular weight excluding hydrogens is 222 g/mol. The van der Waals surface area contributed by atoms with Gasteiger partial charge in [0.25, 0.3) is 0 Å². The third-order valence-electron chi connectivity index (χ3n) is 2.30. The first-order chi connectivity index (χ1) is 8.04. The number of hydrogen-bond donors (Lipinski definition) is 2. The number of amidine groups is 1. The number of carbonyl (C=O) groups excluding carboxylic acids is 1. The summed E-state index contributed by atoms with van der Waals surface area (Å²) in [6, 6.07) is 0. The van der Waals surface area contributed by atoms with Crippen LogP contribution in [0.1, 0.15) is 26.7 Å². The Hall–Kier alpha value is -1.30. The quantitative estimate of drug-likeness (QED) is 0.284. The van der Waals surface area contributed by atoms with E-state index in [1.165, 1.54) is 0 Å². The van der Waals surface area contributed by atoms with Gasteiger partial charge in [-0.2, -0.15) is 0 Å². The van der Waals surface area contributed by atoms with Crippen LogP contribution in [0, 0.1) is 5.92 Å². The molecule has 100 valence electrons. The summed E-state index contributed by atoms with van der Waals surface area (Å²) >= 11 is 0. The van der Waals surface area contributed by atoms with Crippen molar-refractivity contribution in [3.8, 4) is 0 Å². The van der Waals surface area contributed by atoms with Crippen molar-refractivity contribution >= 4 is 11.7 Å². The zero-order valence-corrected chi connectivity index (χ0v) is 10.8. The predicted octanol–water partition coefficient (Wildman–Crippen LogP) is 0.644. The molecule has 6 nitrogen and oxygen atoms in total. The minimum absolute atomic E-state index is 0.00278. The lowest BCUT2D eigenvalue weighted by Gasteiger charge is -2.22. The summed E-state index contributed by atoms with van der Waals surface area (Å²) < 4.78 is 4.99. The summed E-state index contributed by atoms with van der Waals surface area (Å²) in [6.45, 7) is 5.26. The van der Waals surface area contributed by atoms with E-state index in [-0.39, 0.29) is 24.2 Å². The third-order valence-corrected chi connectivity index (χ3v) is 2.30. The van der Waals surface area contributed by atoms with E-state index in [1.54, 1.807) is 12.0 Å². The number of ether oxygens (including phenoxy) is 1. The van der Waals surface area contributed by atoms with Crippen LogP contribution >= 0.6 is 0 Å². The maximum Gasteiger partial charge on any atom is 0.223 e. The van der Waals surface area contributed by atoms with Crippen molar-refractivity contribution in [2.24, 2.45) is 16.8 Å². The standard InChI is InChI=1S/C11H23N3O3/c1-4-5-14(7-10(12)13-16)11(15)6-9(2)8-17-3/h9,16H,4-8H2,1-3H3,(H2,12,13). The zero-order valence-electron chi connectivity index (χ0n) is 10.8. The molecular formula is C11H23N3O3. The first-order valence-electron chi connectivity index (χ1n) is 5.78. The van der Waals surface area contributed by atoms with E-state index in [1.807, 2.05) is 13.8 Å². The van der Waals surface area contributed by atoms with Crippen LogP contribution in [0.2, 0.25) is 0 Å². The topological polar surface area (TPSA) is 88.1 Å². The number of methoxy groups -OCH3 is 1. The summed E-state index contributed by atoms with van der Waals surface area (Å²) in [6.07, 6.45) is 1.25. The van der Waals surface area contributed by atoms with Gasteiger partial charge in [-0.05, 0) is 12.3 Å². The Balaban J connectivity index is 4.33. The van der Waals surface area contributed by atoms with Gasteiger partial charge in [0.1, 0.15) is 0 Å². The molecule has 0 heterocycles. The third kappa shape index (κ3) is 6.78. The molecule has 0 aromatic carbocycles. The van der Waals surface area contributed by atoms with Crippen molar-refractivity contribution in [2.75, 3.05) is 26.8 Å². The van der Waals surface area contributed by atoms with E-state index in [4.69, 9.17) is 15.7 Å². The van der Waals surface area contributed by atoms with Crippen molar-refractivity contribution in [2.45, 2.75) is 26.7 Å². The molecule has 0 bridgehead atoms. The highest BCUT2D eigenvalue weighted by molar-refractivity contribution is 5.86. The van der Waals surface area contributed by atoms with Crippen LogP contribution < -0.4 is 5.73 Å². The maximum absolute atomic E-state index is 11.9. The fourth-order valence-corrected chi connectivity index (χ4v) is 1.56. The maximum atomic E-state index is 11.9. The molecule has 0 aromatic heterocycles. The number of carbonyl (C=O) groups is 1. The zero-order chi connectivity index (χ0) is 13.3. The van der Waals surface area contributed by atoms with Gasteiger partial charge in [-0.1, -0.05) is 19.0 Å². The molecule has 0 saturated heterocycles. The first kappa shape index (κ1) is 15.7. The molecule has 0 rings (SSSR count). The molecule has 1 unspecified atom stereocenters. The van der Waals surface area contributed by atoms with E-state index in [0.717, 1.165) is 6.42 Å². The van der Waals surface area contributed by atoms with E-state index >= 15 is 0 Å². The smallest absolute Gasteiger partial charge is 0.223 e. The van der Waals surface area contributed by atoms with Crippen LogP contribution in [0.15, 0.2) is 5.16 Å². The lowest BCUT2D eigenvalue weighted by atomic mass is 10.1. The first-order valence-corrected chi connectivity index (χ1v) is 5.78. The number of amides is 1. The number of hydrogen-bond acceptors (Lipinski definition) is 4. The van der Waals surface area contributed by atoms with Crippen LogP contribution in [-0.2, 0) is 9.53 Å². The molecule has 17 heavy (non-hydrogen) atoms. The van der Waals surface area contributed by atoms with Crippen molar-refractivity contribution in [3.63, 3.8) is 0 Å². The lowest BCUT2D eigenvalue weighted by Crippen LogP contribution is -2.39. The minimum Gasteiger partial charge on any atom is -0.409 e. The molecule has 1 amide bonds. The van der Waals surface area contributed by atoms with Crippen molar-refractivity contribution in [3.05, 3.63) is 0 Å². The van der Waals surface area contributed by atoms with Gasteiger partial charge in [0.15, 0.2) is 5.84 Å². The number of oxime groups is 1. The Labute approximate surface area is 102 Å². The number of nitrogens with zero attached hydrogens (tertiary/aromatic N) is 2. The van der Waals surface area contributed by atoms with Crippen LogP contribution in [0.3, 0.4) is 0 Å². The van der Waals surface area contributed by atoms with Crippen LogP contribution in [-0.4, -0.2) is 48.7 Å². The van der Waals surface area contributed by atoms with Crippen molar-refractivity contribution in [1.29, 1.82) is 0 Å². The molecule has 0 saturated carbocycles. The van der Waals surface area contributed by atoms with E-state index in [0.29, 0.717) is 19.6 Å². The second kappa shape index (κ2) is 8.81. The van der Waals surface area contributed by atoms with Crippen molar-refractivity contribution in [1.82, 2.24) is 4.90 Å². The second-order valence-electron chi connectivity index (χ2n) is 4.17. The van der Waals surface area contributed by atoms with Crippen LogP contribution in [0.25, 0.3) is 0 Å². The van der Waals surface area contributed by atoms with Gasteiger partial charge in [0, 0.05) is 26.7 Å². The molecule has 0 aliphatic carbocycles. The summed E-state index contributed by atoms with van der Waals surface area (Å²) in [7, 11) is 1.61. The fraction of sp³-hybridized carbons (Fsp3) is 0.818. The monoisotopic (exact) mass is 245 g/mol. The highest BCUT2D eigenvalue weighted by Crippen LogP contribution is 2.06. The number of nitrogens with two attached hydrogens (primary N) is 1. The summed E-state index contributed by atoms with van der Waals surface area (Å²) in [5, 5.41) is 11.4. The Kier molecular flexibility index (Phi) is 8.13.